The smallest absolute Gasteiger partial charge is 0.249 e. The van der Waals surface area contributed by atoms with Crippen LogP contribution < -0.4 is 5.32 Å². The molecule has 1 amide bonds. The lowest BCUT2D eigenvalue weighted by molar-refractivity contribution is -0.132. The van der Waals surface area contributed by atoms with Gasteiger partial charge in [-0.3, -0.25) is 4.79 Å². The Kier molecular flexibility index (Phi) is 52.7. The number of unbranched alkanes of at least 4 members (excludes halogenated alkanes) is 41. The molecule has 4 unspecified atom stereocenters. The van der Waals surface area contributed by atoms with Gasteiger partial charge in [0, 0.05) is 0 Å². The lowest BCUT2D eigenvalue weighted by Gasteiger charge is -2.27. The van der Waals surface area contributed by atoms with Crippen molar-refractivity contribution in [2.24, 2.45) is 0 Å². The number of hydrogen-bond donors (Lipinski definition) is 5. The van der Waals surface area contributed by atoms with Crippen molar-refractivity contribution in [3.8, 4) is 0 Å². The van der Waals surface area contributed by atoms with Crippen molar-refractivity contribution >= 4 is 5.91 Å². The molecule has 0 radical (unpaired) electrons. The average molecular weight is 919 g/mol. The second-order valence-corrected chi connectivity index (χ2v) is 20.3. The summed E-state index contributed by atoms with van der Waals surface area (Å²) in [6.07, 6.45) is 65.5. The molecule has 0 fully saturated rings. The minimum absolute atomic E-state index is 0.366. The number of allylic oxidation sites excluding steroid dienone is 4. The average Bonchev–Trinajstić information content (AvgIpc) is 3.31. The molecule has 0 aliphatic heterocycles. The SMILES string of the molecule is CCCCCCCCCCCCCC/C=C\CCCCCCCCCCCCCCCCCCC(O)C(=O)NC(CO)C(O)C(O)CCC/C=C/CCCCCCCCCCCCCC. The number of carbonyl (C=O) groups is 1. The molecule has 0 aromatic carbocycles. The number of amides is 1. The molecular formula is C59H115NO5. The van der Waals surface area contributed by atoms with Crippen molar-refractivity contribution in [3.63, 3.8) is 0 Å². The molecule has 65 heavy (non-hydrogen) atoms. The molecule has 0 spiro atoms. The number of aliphatic hydroxyl groups is 4. The third kappa shape index (κ3) is 47.6. The summed E-state index contributed by atoms with van der Waals surface area (Å²) in [6.45, 7) is 4.07. The lowest BCUT2D eigenvalue weighted by atomic mass is 10.00. The molecule has 4 atom stereocenters. The van der Waals surface area contributed by atoms with E-state index in [0.29, 0.717) is 12.8 Å². The van der Waals surface area contributed by atoms with Gasteiger partial charge in [-0.25, -0.2) is 0 Å². The van der Waals surface area contributed by atoms with Gasteiger partial charge >= 0.3 is 0 Å². The normalized spacial score (nSPS) is 13.9. The van der Waals surface area contributed by atoms with Crippen LogP contribution in [0.1, 0.15) is 316 Å². The van der Waals surface area contributed by atoms with Crippen molar-refractivity contribution < 1.29 is 25.2 Å². The molecule has 0 heterocycles. The zero-order valence-corrected chi connectivity index (χ0v) is 43.8. The maximum atomic E-state index is 12.6. The van der Waals surface area contributed by atoms with Gasteiger partial charge in [0.25, 0.3) is 0 Å². The fraction of sp³-hybridized carbons (Fsp3) is 0.915. The van der Waals surface area contributed by atoms with Crippen molar-refractivity contribution in [3.05, 3.63) is 24.3 Å². The molecule has 0 bridgehead atoms. The first-order chi connectivity index (χ1) is 32.0. The Balaban J connectivity index is 3.58. The topological polar surface area (TPSA) is 110 Å². The van der Waals surface area contributed by atoms with Crippen molar-refractivity contribution in [1.82, 2.24) is 5.32 Å². The van der Waals surface area contributed by atoms with E-state index < -0.39 is 36.9 Å². The molecule has 6 heteroatoms. The molecule has 0 aliphatic carbocycles. The van der Waals surface area contributed by atoms with Gasteiger partial charge in [0.15, 0.2) is 0 Å². The molecule has 0 aromatic heterocycles. The van der Waals surface area contributed by atoms with Crippen molar-refractivity contribution in [2.75, 3.05) is 6.61 Å². The highest BCUT2D eigenvalue weighted by Crippen LogP contribution is 2.18. The summed E-state index contributed by atoms with van der Waals surface area (Å²) < 4.78 is 0. The third-order valence-electron chi connectivity index (χ3n) is 13.9. The van der Waals surface area contributed by atoms with Gasteiger partial charge in [0.2, 0.25) is 5.91 Å². The van der Waals surface area contributed by atoms with Gasteiger partial charge in [-0.1, -0.05) is 276 Å². The molecule has 0 saturated carbocycles. The molecule has 0 aliphatic rings. The highest BCUT2D eigenvalue weighted by molar-refractivity contribution is 5.80. The van der Waals surface area contributed by atoms with Crippen molar-refractivity contribution in [1.29, 1.82) is 0 Å². The van der Waals surface area contributed by atoms with Crippen LogP contribution in [0, 0.1) is 0 Å². The highest BCUT2D eigenvalue weighted by Gasteiger charge is 2.28. The predicted molar refractivity (Wildman–Crippen MR) is 284 cm³/mol. The second-order valence-electron chi connectivity index (χ2n) is 20.3. The second kappa shape index (κ2) is 53.7. The summed E-state index contributed by atoms with van der Waals surface area (Å²) in [6, 6.07) is -1.00. The Morgan fingerprint density at radius 1 is 0.369 bits per heavy atom. The number of nitrogens with one attached hydrogen (secondary N) is 1. The van der Waals surface area contributed by atoms with Crippen LogP contribution in [0.25, 0.3) is 0 Å². The molecule has 6 nitrogen and oxygen atoms in total. The first-order valence-corrected chi connectivity index (χ1v) is 29.2. The van der Waals surface area contributed by atoms with Crippen LogP contribution in [0.2, 0.25) is 0 Å². The van der Waals surface area contributed by atoms with Crippen LogP contribution in [0.15, 0.2) is 24.3 Å². The first kappa shape index (κ1) is 63.8. The summed E-state index contributed by atoms with van der Waals surface area (Å²) in [7, 11) is 0. The van der Waals surface area contributed by atoms with E-state index in [1.165, 1.54) is 250 Å². The third-order valence-corrected chi connectivity index (χ3v) is 13.9. The van der Waals surface area contributed by atoms with Gasteiger partial charge in [0.1, 0.15) is 12.2 Å². The molecule has 0 saturated heterocycles. The van der Waals surface area contributed by atoms with Crippen molar-refractivity contribution in [2.45, 2.75) is 340 Å². The number of hydrogen-bond acceptors (Lipinski definition) is 5. The molecular weight excluding hydrogens is 803 g/mol. The number of carbonyl (C=O) groups excluding carboxylic acids is 1. The van der Waals surface area contributed by atoms with Gasteiger partial charge in [0.05, 0.1) is 18.8 Å². The molecule has 0 aromatic rings. The summed E-state index contributed by atoms with van der Waals surface area (Å²) in [5, 5.41) is 43.9. The van der Waals surface area contributed by atoms with E-state index in [1.807, 2.05) is 0 Å². The Morgan fingerprint density at radius 2 is 0.631 bits per heavy atom. The van der Waals surface area contributed by atoms with E-state index in [9.17, 15) is 25.2 Å². The Bertz CT molecular complexity index is 986. The molecule has 386 valence electrons. The van der Waals surface area contributed by atoms with E-state index in [0.717, 1.165) is 38.5 Å². The summed E-state index contributed by atoms with van der Waals surface area (Å²) >= 11 is 0. The standard InChI is InChI=1S/C59H115NO5/c1-3-5-7-9-11-13-15-17-19-21-22-23-24-25-26-27-28-29-30-31-32-33-34-35-37-39-41-43-45-47-49-51-53-57(63)59(65)60-55(54-61)58(64)56(62)52-50-48-46-44-42-40-38-36-20-18-16-14-12-10-8-6-4-2/h25-26,44,46,55-58,61-64H,3-24,27-43,45,47-54H2,1-2H3,(H,60,65)/b26-25-,46-44+. The van der Waals surface area contributed by atoms with Crippen LogP contribution in [0.3, 0.4) is 0 Å². The Hall–Kier alpha value is -1.21. The zero-order valence-electron chi connectivity index (χ0n) is 43.8. The monoisotopic (exact) mass is 918 g/mol. The van der Waals surface area contributed by atoms with Gasteiger partial charge in [-0.15, -0.1) is 0 Å². The maximum absolute atomic E-state index is 12.6. The Labute approximate surface area is 405 Å². The summed E-state index contributed by atoms with van der Waals surface area (Å²) in [4.78, 5) is 12.6. The van der Waals surface area contributed by atoms with Crippen LogP contribution >= 0.6 is 0 Å². The fourth-order valence-electron chi connectivity index (χ4n) is 9.29. The zero-order chi connectivity index (χ0) is 47.4. The number of rotatable bonds is 54. The van der Waals surface area contributed by atoms with E-state index in [4.69, 9.17) is 0 Å². The van der Waals surface area contributed by atoms with Crippen LogP contribution in [0.5, 0.6) is 0 Å². The summed E-state index contributed by atoms with van der Waals surface area (Å²) in [5.74, 6) is -0.588. The minimum Gasteiger partial charge on any atom is -0.394 e. The fourth-order valence-corrected chi connectivity index (χ4v) is 9.29. The summed E-state index contributed by atoms with van der Waals surface area (Å²) in [5.41, 5.74) is 0. The largest absolute Gasteiger partial charge is 0.394 e. The first-order valence-electron chi connectivity index (χ1n) is 29.2. The van der Waals surface area contributed by atoms with E-state index in [-0.39, 0.29) is 0 Å². The molecule has 0 rings (SSSR count). The Morgan fingerprint density at radius 3 is 0.923 bits per heavy atom. The lowest BCUT2D eigenvalue weighted by Crippen LogP contribution is -2.53. The van der Waals surface area contributed by atoms with Crippen LogP contribution in [-0.2, 0) is 4.79 Å². The van der Waals surface area contributed by atoms with Crippen LogP contribution in [0.4, 0.5) is 0 Å². The number of aliphatic hydroxyl groups excluding tert-OH is 4. The quantitative estimate of drug-likeness (QED) is 0.0308. The van der Waals surface area contributed by atoms with Gasteiger partial charge < -0.3 is 25.7 Å². The van der Waals surface area contributed by atoms with E-state index >= 15 is 0 Å². The van der Waals surface area contributed by atoms with E-state index in [1.54, 1.807) is 0 Å². The predicted octanol–water partition coefficient (Wildman–Crippen LogP) is 17.0. The maximum Gasteiger partial charge on any atom is 0.249 e. The minimum atomic E-state index is -1.28. The van der Waals surface area contributed by atoms with Gasteiger partial charge in [-0.2, -0.15) is 0 Å². The van der Waals surface area contributed by atoms with Gasteiger partial charge in [-0.05, 0) is 64.2 Å². The highest BCUT2D eigenvalue weighted by atomic mass is 16.3. The molecule has 5 N–H and O–H groups in total. The van der Waals surface area contributed by atoms with E-state index in [2.05, 4.69) is 43.5 Å². The van der Waals surface area contributed by atoms with Crippen LogP contribution in [-0.4, -0.2) is 57.3 Å².